The van der Waals surface area contributed by atoms with Gasteiger partial charge in [0.25, 0.3) is 5.69 Å². The molecule has 0 radical (unpaired) electrons. The number of nitrogens with zero attached hydrogens (tertiary/aromatic N) is 1. The zero-order valence-electron chi connectivity index (χ0n) is 12.6. The van der Waals surface area contributed by atoms with Crippen LogP contribution in [0.15, 0.2) is 42.5 Å². The molecule has 1 fully saturated rings. The Hall–Kier alpha value is -1.63. The summed E-state index contributed by atoms with van der Waals surface area (Å²) in [7, 11) is -3.92. The molecule has 0 aromatic heterocycles. The van der Waals surface area contributed by atoms with Crippen LogP contribution in [0.2, 0.25) is 10.0 Å². The van der Waals surface area contributed by atoms with Gasteiger partial charge in [0.15, 0.2) is 0 Å². The van der Waals surface area contributed by atoms with Gasteiger partial charge in [-0.2, -0.15) is 0 Å². The number of non-ortho nitro benzene ring substituents is 1. The summed E-state index contributed by atoms with van der Waals surface area (Å²) in [6, 6.07) is 10.1. The summed E-state index contributed by atoms with van der Waals surface area (Å²) in [4.78, 5) is 10.1. The highest BCUT2D eigenvalue weighted by atomic mass is 35.5. The fourth-order valence-electron chi connectivity index (χ4n) is 2.33. The summed E-state index contributed by atoms with van der Waals surface area (Å²) >= 11 is 12.3. The summed E-state index contributed by atoms with van der Waals surface area (Å²) in [5.74, 6) is 0.125. The van der Waals surface area contributed by atoms with Gasteiger partial charge >= 0.3 is 7.82 Å². The molecule has 0 spiro atoms. The second-order valence-electron chi connectivity index (χ2n) is 5.14. The van der Waals surface area contributed by atoms with Crippen molar-refractivity contribution in [3.05, 3.63) is 68.2 Å². The van der Waals surface area contributed by atoms with Crippen molar-refractivity contribution in [2.75, 3.05) is 6.61 Å². The monoisotopic (exact) mass is 403 g/mol. The largest absolute Gasteiger partial charge is 0.530 e. The van der Waals surface area contributed by atoms with Crippen LogP contribution in [-0.2, 0) is 13.6 Å². The van der Waals surface area contributed by atoms with Crippen molar-refractivity contribution in [3.8, 4) is 5.75 Å². The number of nitro benzene ring substituents is 1. The molecule has 1 heterocycles. The maximum atomic E-state index is 12.7. The molecule has 0 N–H and O–H groups in total. The zero-order chi connectivity index (χ0) is 18.0. The number of phosphoric acid groups is 1. The van der Waals surface area contributed by atoms with E-state index in [0.717, 1.165) is 0 Å². The van der Waals surface area contributed by atoms with Crippen molar-refractivity contribution in [2.24, 2.45) is 0 Å². The molecule has 2 aromatic rings. The molecule has 2 unspecified atom stereocenters. The van der Waals surface area contributed by atoms with E-state index >= 15 is 0 Å². The van der Waals surface area contributed by atoms with Gasteiger partial charge in [0, 0.05) is 34.2 Å². The van der Waals surface area contributed by atoms with Gasteiger partial charge in [-0.15, -0.1) is 0 Å². The SMILES string of the molecule is O=[N+]([O-])c1ccc(OP2(=O)OCCC(c3c(Cl)cccc3Cl)O2)cc1. The molecule has 1 aliphatic rings. The van der Waals surface area contributed by atoms with Gasteiger partial charge in [-0.1, -0.05) is 29.3 Å². The van der Waals surface area contributed by atoms with E-state index < -0.39 is 18.8 Å². The molecule has 1 saturated heterocycles. The van der Waals surface area contributed by atoms with Gasteiger partial charge < -0.3 is 4.52 Å². The number of phosphoric ester groups is 1. The number of nitro groups is 1. The molecule has 2 atom stereocenters. The predicted molar refractivity (Wildman–Crippen MR) is 92.2 cm³/mol. The Kier molecular flexibility index (Phi) is 5.32. The molecule has 25 heavy (non-hydrogen) atoms. The van der Waals surface area contributed by atoms with Crippen LogP contribution in [0.5, 0.6) is 5.75 Å². The van der Waals surface area contributed by atoms with E-state index in [9.17, 15) is 14.7 Å². The van der Waals surface area contributed by atoms with Crippen LogP contribution in [0.25, 0.3) is 0 Å². The number of halogens is 2. The van der Waals surface area contributed by atoms with E-state index in [1.165, 1.54) is 24.3 Å². The van der Waals surface area contributed by atoms with Crippen molar-refractivity contribution in [1.29, 1.82) is 0 Å². The van der Waals surface area contributed by atoms with Gasteiger partial charge in [-0.25, -0.2) is 4.57 Å². The van der Waals surface area contributed by atoms with Crippen LogP contribution in [-0.4, -0.2) is 11.5 Å². The molecule has 10 heteroatoms. The average molecular weight is 404 g/mol. The van der Waals surface area contributed by atoms with Crippen LogP contribution in [0.3, 0.4) is 0 Å². The minimum absolute atomic E-state index is 0.114. The summed E-state index contributed by atoms with van der Waals surface area (Å²) in [5, 5.41) is 11.4. The molecule has 0 bridgehead atoms. The Morgan fingerprint density at radius 3 is 2.40 bits per heavy atom. The van der Waals surface area contributed by atoms with Crippen LogP contribution >= 0.6 is 31.0 Å². The fraction of sp³-hybridized carbons (Fsp3) is 0.200. The Bertz CT molecular complexity index is 824. The van der Waals surface area contributed by atoms with E-state index in [1.807, 2.05) is 0 Å². The van der Waals surface area contributed by atoms with Gasteiger partial charge in [0.05, 0.1) is 11.5 Å². The minimum Gasteiger partial charge on any atom is -0.404 e. The molecular formula is C15H12Cl2NO6P. The van der Waals surface area contributed by atoms with Gasteiger partial charge in [0.2, 0.25) is 0 Å². The van der Waals surface area contributed by atoms with E-state index in [4.69, 9.17) is 36.8 Å². The van der Waals surface area contributed by atoms with Crippen LogP contribution in [0, 0.1) is 10.1 Å². The maximum absolute atomic E-state index is 12.7. The molecule has 0 amide bonds. The molecular weight excluding hydrogens is 392 g/mol. The number of hydrogen-bond acceptors (Lipinski definition) is 6. The highest BCUT2D eigenvalue weighted by Gasteiger charge is 2.39. The van der Waals surface area contributed by atoms with E-state index in [0.29, 0.717) is 22.0 Å². The molecule has 0 aliphatic carbocycles. The predicted octanol–water partition coefficient (Wildman–Crippen LogP) is 5.57. The topological polar surface area (TPSA) is 87.9 Å². The first-order valence-electron chi connectivity index (χ1n) is 7.19. The summed E-state index contributed by atoms with van der Waals surface area (Å²) in [5.41, 5.74) is 0.401. The normalized spacial score (nSPS) is 23.2. The smallest absolute Gasteiger partial charge is 0.404 e. The number of rotatable bonds is 4. The highest BCUT2D eigenvalue weighted by Crippen LogP contribution is 2.57. The summed E-state index contributed by atoms with van der Waals surface area (Å²) < 4.78 is 28.7. The standard InChI is InChI=1S/C15H12Cl2NO6P/c16-12-2-1-3-13(17)15(12)14-8-9-22-25(21,24-14)23-11-6-4-10(5-7-11)18(19)20/h1-7,14H,8-9H2. The second-order valence-corrected chi connectivity index (χ2v) is 7.50. The first-order chi connectivity index (χ1) is 11.9. The Morgan fingerprint density at radius 1 is 1.16 bits per heavy atom. The number of hydrogen-bond donors (Lipinski definition) is 0. The molecule has 3 rings (SSSR count). The Balaban J connectivity index is 1.80. The molecule has 0 saturated carbocycles. The van der Waals surface area contributed by atoms with Crippen molar-refractivity contribution < 1.29 is 23.1 Å². The van der Waals surface area contributed by atoms with Crippen molar-refractivity contribution in [1.82, 2.24) is 0 Å². The lowest BCUT2D eigenvalue weighted by Crippen LogP contribution is -2.17. The third kappa shape index (κ3) is 4.14. The molecule has 132 valence electrons. The van der Waals surface area contributed by atoms with Crippen molar-refractivity contribution in [2.45, 2.75) is 12.5 Å². The molecule has 1 aliphatic heterocycles. The molecule has 2 aromatic carbocycles. The van der Waals surface area contributed by atoms with E-state index in [-0.39, 0.29) is 18.0 Å². The summed E-state index contributed by atoms with van der Waals surface area (Å²) in [6.07, 6.45) is -0.254. The van der Waals surface area contributed by atoms with Crippen LogP contribution in [0.1, 0.15) is 18.1 Å². The Labute approximate surface area is 153 Å². The maximum Gasteiger partial charge on any atom is 0.530 e. The van der Waals surface area contributed by atoms with Crippen molar-refractivity contribution >= 4 is 36.7 Å². The van der Waals surface area contributed by atoms with Crippen molar-refractivity contribution in [3.63, 3.8) is 0 Å². The second kappa shape index (κ2) is 7.32. The van der Waals surface area contributed by atoms with Gasteiger partial charge in [0.1, 0.15) is 11.9 Å². The third-order valence-corrected chi connectivity index (χ3v) is 5.58. The Morgan fingerprint density at radius 2 is 1.80 bits per heavy atom. The first-order valence-corrected chi connectivity index (χ1v) is 9.40. The number of benzene rings is 2. The third-order valence-electron chi connectivity index (χ3n) is 3.47. The van der Waals surface area contributed by atoms with Gasteiger partial charge in [-0.3, -0.25) is 19.2 Å². The van der Waals surface area contributed by atoms with Crippen LogP contribution in [0.4, 0.5) is 5.69 Å². The summed E-state index contributed by atoms with van der Waals surface area (Å²) in [6.45, 7) is 0.122. The lowest BCUT2D eigenvalue weighted by molar-refractivity contribution is -0.384. The lowest BCUT2D eigenvalue weighted by atomic mass is 10.1. The van der Waals surface area contributed by atoms with Crippen LogP contribution < -0.4 is 4.52 Å². The zero-order valence-corrected chi connectivity index (χ0v) is 15.0. The first kappa shape index (κ1) is 18.2. The van der Waals surface area contributed by atoms with Gasteiger partial charge in [-0.05, 0) is 24.3 Å². The highest BCUT2D eigenvalue weighted by molar-refractivity contribution is 7.49. The average Bonchev–Trinajstić information content (AvgIpc) is 2.55. The lowest BCUT2D eigenvalue weighted by Gasteiger charge is -2.29. The van der Waals surface area contributed by atoms with E-state index in [2.05, 4.69) is 0 Å². The quantitative estimate of drug-likeness (QED) is 0.376. The molecule has 7 nitrogen and oxygen atoms in total. The minimum atomic E-state index is -3.92. The van der Waals surface area contributed by atoms with E-state index in [1.54, 1.807) is 18.2 Å². The fourth-order valence-corrected chi connectivity index (χ4v) is 4.36.